The molecule has 0 radical (unpaired) electrons. The quantitative estimate of drug-likeness (QED) is 0.694. The molecule has 29 heavy (non-hydrogen) atoms. The monoisotopic (exact) mass is 412 g/mol. The van der Waals surface area contributed by atoms with Gasteiger partial charge in [-0.05, 0) is 41.8 Å². The van der Waals surface area contributed by atoms with Gasteiger partial charge in [0, 0.05) is 24.7 Å². The van der Waals surface area contributed by atoms with Crippen molar-refractivity contribution >= 4 is 26.4 Å². The predicted octanol–water partition coefficient (Wildman–Crippen LogP) is 2.96. The van der Waals surface area contributed by atoms with Gasteiger partial charge in [0.05, 0.1) is 35.9 Å². The van der Waals surface area contributed by atoms with Gasteiger partial charge < -0.3 is 14.7 Å². The first-order valence-corrected chi connectivity index (χ1v) is 11.2. The van der Waals surface area contributed by atoms with Gasteiger partial charge in [0.2, 0.25) is 9.84 Å². The second kappa shape index (κ2) is 8.10. The number of aromatic nitrogens is 1. The molecule has 1 N–H and O–H groups in total. The molecule has 2 aromatic carbocycles. The summed E-state index contributed by atoms with van der Waals surface area (Å²) in [4.78, 5) is 6.90. The van der Waals surface area contributed by atoms with Gasteiger partial charge in [-0.15, -0.1) is 0 Å². The summed E-state index contributed by atoms with van der Waals surface area (Å²) in [5, 5.41) is 10.3. The normalized spacial score (nSPS) is 15.0. The highest BCUT2D eigenvalue weighted by Gasteiger charge is 2.27. The Kier molecular flexibility index (Phi) is 5.54. The molecule has 152 valence electrons. The minimum Gasteiger partial charge on any atom is -0.392 e. The summed E-state index contributed by atoms with van der Waals surface area (Å²) in [6.45, 7) is 4.18. The van der Waals surface area contributed by atoms with Crippen molar-refractivity contribution in [2.75, 3.05) is 31.2 Å². The third-order valence-corrected chi connectivity index (χ3v) is 7.08. The van der Waals surface area contributed by atoms with Gasteiger partial charge in [0.25, 0.3) is 0 Å². The van der Waals surface area contributed by atoms with Crippen molar-refractivity contribution in [3.8, 4) is 0 Å². The Labute approximate surface area is 170 Å². The molecule has 0 atom stereocenters. The molecular weight excluding hydrogens is 388 g/mol. The van der Waals surface area contributed by atoms with Crippen LogP contribution in [-0.2, 0) is 27.6 Å². The number of ether oxygens (including phenoxy) is 1. The first-order chi connectivity index (χ1) is 14.0. The summed E-state index contributed by atoms with van der Waals surface area (Å²) in [5.41, 5.74) is 3.13. The predicted molar refractivity (Wildman–Crippen MR) is 112 cm³/mol. The number of nitrogens with zero attached hydrogens (tertiary/aromatic N) is 2. The first-order valence-electron chi connectivity index (χ1n) is 9.74. The fourth-order valence-electron chi connectivity index (χ4n) is 3.65. The van der Waals surface area contributed by atoms with Gasteiger partial charge in [0.15, 0.2) is 0 Å². The molecule has 0 unspecified atom stereocenters. The summed E-state index contributed by atoms with van der Waals surface area (Å²) >= 11 is 0. The van der Waals surface area contributed by atoms with Gasteiger partial charge in [-0.25, -0.2) is 8.42 Å². The molecule has 1 aliphatic rings. The average Bonchev–Trinajstić information content (AvgIpc) is 2.78. The number of hydrogen-bond donors (Lipinski definition) is 1. The molecule has 6 nitrogen and oxygen atoms in total. The Morgan fingerprint density at radius 3 is 2.41 bits per heavy atom. The molecule has 7 heteroatoms. The van der Waals surface area contributed by atoms with Crippen LogP contribution in [0.3, 0.4) is 0 Å². The van der Waals surface area contributed by atoms with Crippen LogP contribution in [0.4, 0.5) is 5.69 Å². The minimum atomic E-state index is -3.76. The lowest BCUT2D eigenvalue weighted by molar-refractivity contribution is 0.122. The molecule has 0 amide bonds. The fraction of sp³-hybridized carbons (Fsp3) is 0.318. The Bertz CT molecular complexity index is 1120. The van der Waals surface area contributed by atoms with E-state index in [1.165, 1.54) is 6.20 Å². The molecule has 1 aromatic heterocycles. The van der Waals surface area contributed by atoms with Crippen LogP contribution < -0.4 is 4.90 Å². The largest absolute Gasteiger partial charge is 0.392 e. The van der Waals surface area contributed by atoms with Crippen LogP contribution in [0.15, 0.2) is 58.5 Å². The highest BCUT2D eigenvalue weighted by Crippen LogP contribution is 2.36. The van der Waals surface area contributed by atoms with Gasteiger partial charge in [-0.1, -0.05) is 25.1 Å². The number of aliphatic hydroxyl groups excluding tert-OH is 1. The van der Waals surface area contributed by atoms with Crippen LogP contribution in [-0.4, -0.2) is 44.8 Å². The number of benzene rings is 2. The van der Waals surface area contributed by atoms with E-state index >= 15 is 0 Å². The lowest BCUT2D eigenvalue weighted by Crippen LogP contribution is -2.37. The number of morpholine rings is 1. The van der Waals surface area contributed by atoms with Gasteiger partial charge in [-0.2, -0.15) is 0 Å². The number of pyridine rings is 1. The maximum absolute atomic E-state index is 13.5. The Balaban J connectivity index is 1.94. The summed E-state index contributed by atoms with van der Waals surface area (Å²) in [5.74, 6) is 0. The number of hydrogen-bond acceptors (Lipinski definition) is 6. The summed E-state index contributed by atoms with van der Waals surface area (Å²) in [7, 11) is -3.76. The molecule has 4 rings (SSSR count). The molecule has 3 aromatic rings. The van der Waals surface area contributed by atoms with Crippen molar-refractivity contribution in [2.24, 2.45) is 0 Å². The lowest BCUT2D eigenvalue weighted by Gasteiger charge is -2.31. The van der Waals surface area contributed by atoms with Crippen LogP contribution >= 0.6 is 0 Å². The molecule has 0 bridgehead atoms. The van der Waals surface area contributed by atoms with E-state index in [0.29, 0.717) is 37.5 Å². The Morgan fingerprint density at radius 1 is 1.07 bits per heavy atom. The summed E-state index contributed by atoms with van der Waals surface area (Å²) < 4.78 is 32.6. The molecule has 1 fully saturated rings. The van der Waals surface area contributed by atoms with E-state index in [0.717, 1.165) is 22.9 Å². The van der Waals surface area contributed by atoms with Crippen LogP contribution in [0.1, 0.15) is 18.1 Å². The maximum atomic E-state index is 13.5. The zero-order chi connectivity index (χ0) is 20.4. The van der Waals surface area contributed by atoms with Crippen LogP contribution in [0, 0.1) is 0 Å². The molecule has 0 aliphatic carbocycles. The number of aliphatic hydroxyl groups is 1. The topological polar surface area (TPSA) is 79.7 Å². The van der Waals surface area contributed by atoms with Crippen molar-refractivity contribution < 1.29 is 18.3 Å². The second-order valence-electron chi connectivity index (χ2n) is 7.08. The van der Waals surface area contributed by atoms with E-state index in [4.69, 9.17) is 4.74 Å². The van der Waals surface area contributed by atoms with Gasteiger partial charge in [-0.3, -0.25) is 4.98 Å². The van der Waals surface area contributed by atoms with Crippen molar-refractivity contribution in [1.82, 2.24) is 4.98 Å². The number of aryl methyl sites for hydroxylation is 1. The van der Waals surface area contributed by atoms with Crippen molar-refractivity contribution in [3.63, 3.8) is 0 Å². The molecule has 0 saturated carbocycles. The third-order valence-electron chi connectivity index (χ3n) is 5.31. The van der Waals surface area contributed by atoms with E-state index in [2.05, 4.69) is 4.98 Å². The van der Waals surface area contributed by atoms with Gasteiger partial charge >= 0.3 is 0 Å². The highest BCUT2D eigenvalue weighted by atomic mass is 32.2. The van der Waals surface area contributed by atoms with E-state index in [1.807, 2.05) is 36.1 Å². The van der Waals surface area contributed by atoms with Crippen LogP contribution in [0.5, 0.6) is 0 Å². The van der Waals surface area contributed by atoms with E-state index in [-0.39, 0.29) is 16.4 Å². The SMILES string of the molecule is CCc1ccc(S(=O)(=O)c2cnc3ccc(CO)cc3c2N2CCOCC2)cc1. The first kappa shape index (κ1) is 19.8. The van der Waals surface area contributed by atoms with Crippen molar-refractivity contribution in [2.45, 2.75) is 29.7 Å². The standard InChI is InChI=1S/C22H24N2O4S/c1-2-16-3-6-18(7-4-16)29(26,27)21-14-23-20-8-5-17(15-25)13-19(20)22(21)24-9-11-28-12-10-24/h3-8,13-14,25H,2,9-12,15H2,1H3. The number of fused-ring (bicyclic) bond motifs is 1. The van der Waals surface area contributed by atoms with E-state index in [1.54, 1.807) is 18.2 Å². The smallest absolute Gasteiger partial charge is 0.210 e. The second-order valence-corrected chi connectivity index (χ2v) is 9.00. The van der Waals surface area contributed by atoms with Crippen molar-refractivity contribution in [3.05, 3.63) is 59.8 Å². The number of sulfone groups is 1. The molecule has 1 aliphatic heterocycles. The zero-order valence-corrected chi connectivity index (χ0v) is 17.2. The lowest BCUT2D eigenvalue weighted by atomic mass is 10.1. The highest BCUT2D eigenvalue weighted by molar-refractivity contribution is 7.91. The number of rotatable bonds is 5. The Morgan fingerprint density at radius 2 is 1.76 bits per heavy atom. The van der Waals surface area contributed by atoms with Crippen LogP contribution in [0.2, 0.25) is 0 Å². The Hall–Kier alpha value is -2.48. The van der Waals surface area contributed by atoms with Crippen molar-refractivity contribution in [1.29, 1.82) is 0 Å². The van der Waals surface area contributed by atoms with E-state index < -0.39 is 9.84 Å². The summed E-state index contributed by atoms with van der Waals surface area (Å²) in [6, 6.07) is 12.5. The summed E-state index contributed by atoms with van der Waals surface area (Å²) in [6.07, 6.45) is 2.30. The zero-order valence-electron chi connectivity index (χ0n) is 16.3. The van der Waals surface area contributed by atoms with Crippen LogP contribution in [0.25, 0.3) is 10.9 Å². The minimum absolute atomic E-state index is 0.117. The third kappa shape index (κ3) is 3.73. The molecule has 2 heterocycles. The fourth-order valence-corrected chi connectivity index (χ4v) is 5.08. The molecular formula is C22H24N2O4S. The molecule has 0 spiro atoms. The number of anilines is 1. The average molecular weight is 413 g/mol. The van der Waals surface area contributed by atoms with E-state index in [9.17, 15) is 13.5 Å². The van der Waals surface area contributed by atoms with Gasteiger partial charge in [0.1, 0.15) is 4.90 Å². The molecule has 1 saturated heterocycles. The maximum Gasteiger partial charge on any atom is 0.210 e.